The van der Waals surface area contributed by atoms with E-state index in [2.05, 4.69) is 4.72 Å². The van der Waals surface area contributed by atoms with Crippen molar-refractivity contribution >= 4 is 32.3 Å². The van der Waals surface area contributed by atoms with Crippen LogP contribution in [0.15, 0.2) is 0 Å². The largest absolute Gasteiger partial charge is 0.478 e. The fourth-order valence-corrected chi connectivity index (χ4v) is 6.42. The van der Waals surface area contributed by atoms with Crippen molar-refractivity contribution in [3.63, 3.8) is 0 Å². The van der Waals surface area contributed by atoms with E-state index in [1.54, 1.807) is 0 Å². The van der Waals surface area contributed by atoms with Gasteiger partial charge in [-0.3, -0.25) is 4.72 Å². The molecule has 0 saturated heterocycles. The fourth-order valence-electron chi connectivity index (χ4n) is 3.29. The van der Waals surface area contributed by atoms with Crippen LogP contribution in [0, 0.1) is 0 Å². The number of aryl methyl sites for hydroxylation is 1. The lowest BCUT2D eigenvalue weighted by Crippen LogP contribution is -2.30. The number of anilines is 1. The van der Waals surface area contributed by atoms with Gasteiger partial charge in [-0.05, 0) is 37.7 Å². The molecule has 2 aliphatic carbocycles. The highest BCUT2D eigenvalue weighted by atomic mass is 32.2. The van der Waals surface area contributed by atoms with Crippen LogP contribution in [0.5, 0.6) is 0 Å². The summed E-state index contributed by atoms with van der Waals surface area (Å²) in [6.45, 7) is 0. The number of carboxylic acids is 1. The molecule has 21 heavy (non-hydrogen) atoms. The number of carbonyl (C=O) groups is 1. The first-order chi connectivity index (χ1) is 9.99. The molecule has 5 nitrogen and oxygen atoms in total. The van der Waals surface area contributed by atoms with Gasteiger partial charge < -0.3 is 5.11 Å². The number of rotatable bonds is 4. The SMILES string of the molecule is O=C(O)c1c(NS(=O)(=O)C2CCCCC2)sc2c1CCC2. The Kier molecular flexibility index (Phi) is 3.96. The van der Waals surface area contributed by atoms with Crippen LogP contribution in [-0.4, -0.2) is 24.7 Å². The molecule has 1 fully saturated rings. The minimum atomic E-state index is -3.48. The van der Waals surface area contributed by atoms with E-state index in [1.807, 2.05) is 0 Å². The Bertz CT molecular complexity index is 657. The summed E-state index contributed by atoms with van der Waals surface area (Å²) in [5.41, 5.74) is 1.00. The molecular formula is C14H19NO4S2. The van der Waals surface area contributed by atoms with Crippen LogP contribution in [0.2, 0.25) is 0 Å². The molecule has 0 bridgehead atoms. The van der Waals surface area contributed by atoms with Crippen LogP contribution in [0.1, 0.15) is 59.3 Å². The maximum atomic E-state index is 12.5. The zero-order valence-electron chi connectivity index (χ0n) is 11.7. The van der Waals surface area contributed by atoms with Gasteiger partial charge in [0.05, 0.1) is 10.8 Å². The van der Waals surface area contributed by atoms with Gasteiger partial charge in [-0.15, -0.1) is 11.3 Å². The molecule has 0 aliphatic heterocycles. The number of aromatic carboxylic acids is 1. The Hall–Kier alpha value is -1.08. The third-order valence-electron chi connectivity index (χ3n) is 4.36. The Morgan fingerprint density at radius 1 is 1.14 bits per heavy atom. The molecule has 2 aliphatic rings. The Morgan fingerprint density at radius 2 is 1.86 bits per heavy atom. The van der Waals surface area contributed by atoms with Gasteiger partial charge in [0.15, 0.2) is 0 Å². The lowest BCUT2D eigenvalue weighted by molar-refractivity contribution is 0.0697. The first-order valence-corrected chi connectivity index (χ1v) is 9.75. The molecule has 1 aromatic rings. The van der Waals surface area contributed by atoms with E-state index in [4.69, 9.17) is 0 Å². The highest BCUT2D eigenvalue weighted by Crippen LogP contribution is 2.40. The summed E-state index contributed by atoms with van der Waals surface area (Å²) in [6, 6.07) is 0. The first kappa shape index (κ1) is 14.8. The van der Waals surface area contributed by atoms with E-state index in [1.165, 1.54) is 11.3 Å². The monoisotopic (exact) mass is 329 g/mol. The predicted octanol–water partition coefficient (Wildman–Crippen LogP) is 3.01. The molecule has 2 N–H and O–H groups in total. The molecule has 0 aromatic carbocycles. The van der Waals surface area contributed by atoms with Crippen molar-refractivity contribution in [2.75, 3.05) is 4.72 Å². The molecule has 7 heteroatoms. The second-order valence-electron chi connectivity index (χ2n) is 5.77. The van der Waals surface area contributed by atoms with Gasteiger partial charge in [0.1, 0.15) is 5.00 Å². The van der Waals surface area contributed by atoms with E-state index in [0.29, 0.717) is 17.8 Å². The van der Waals surface area contributed by atoms with Gasteiger partial charge in [0.25, 0.3) is 0 Å². The predicted molar refractivity (Wildman–Crippen MR) is 82.7 cm³/mol. The lowest BCUT2D eigenvalue weighted by Gasteiger charge is -2.22. The summed E-state index contributed by atoms with van der Waals surface area (Å²) < 4.78 is 27.5. The lowest BCUT2D eigenvalue weighted by atomic mass is 10.0. The quantitative estimate of drug-likeness (QED) is 0.889. The highest BCUT2D eigenvalue weighted by Gasteiger charge is 2.32. The van der Waals surface area contributed by atoms with Crippen molar-refractivity contribution in [2.24, 2.45) is 0 Å². The molecule has 1 aromatic heterocycles. The van der Waals surface area contributed by atoms with Gasteiger partial charge in [-0.2, -0.15) is 0 Å². The number of carboxylic acid groups (broad SMARTS) is 1. The van der Waals surface area contributed by atoms with Gasteiger partial charge in [0, 0.05) is 4.88 Å². The maximum absolute atomic E-state index is 12.5. The maximum Gasteiger partial charge on any atom is 0.339 e. The second kappa shape index (κ2) is 5.61. The van der Waals surface area contributed by atoms with E-state index in [9.17, 15) is 18.3 Å². The van der Waals surface area contributed by atoms with Crippen LogP contribution in [0.3, 0.4) is 0 Å². The number of hydrogen-bond acceptors (Lipinski definition) is 4. The molecule has 0 amide bonds. The molecule has 3 rings (SSSR count). The number of hydrogen-bond donors (Lipinski definition) is 2. The minimum Gasteiger partial charge on any atom is -0.478 e. The van der Waals surface area contributed by atoms with Crippen molar-refractivity contribution in [3.05, 3.63) is 16.0 Å². The molecule has 1 saturated carbocycles. The number of nitrogens with one attached hydrogen (secondary N) is 1. The third kappa shape index (κ3) is 2.81. The van der Waals surface area contributed by atoms with E-state index >= 15 is 0 Å². The molecule has 0 unspecified atom stereocenters. The molecule has 0 spiro atoms. The summed E-state index contributed by atoms with van der Waals surface area (Å²) in [7, 11) is -3.48. The van der Waals surface area contributed by atoms with Gasteiger partial charge in [0.2, 0.25) is 10.0 Å². The minimum absolute atomic E-state index is 0.173. The zero-order valence-corrected chi connectivity index (χ0v) is 13.4. The summed E-state index contributed by atoms with van der Waals surface area (Å²) in [6.07, 6.45) is 6.82. The van der Waals surface area contributed by atoms with Crippen molar-refractivity contribution in [1.29, 1.82) is 0 Å². The summed E-state index contributed by atoms with van der Waals surface area (Å²) in [4.78, 5) is 12.5. The molecular weight excluding hydrogens is 310 g/mol. The van der Waals surface area contributed by atoms with Crippen LogP contribution in [-0.2, 0) is 22.9 Å². The topological polar surface area (TPSA) is 83.5 Å². The van der Waals surface area contributed by atoms with Crippen LogP contribution >= 0.6 is 11.3 Å². The van der Waals surface area contributed by atoms with E-state index < -0.39 is 16.0 Å². The highest BCUT2D eigenvalue weighted by molar-refractivity contribution is 7.93. The van der Waals surface area contributed by atoms with Crippen LogP contribution < -0.4 is 4.72 Å². The van der Waals surface area contributed by atoms with Gasteiger partial charge >= 0.3 is 5.97 Å². The second-order valence-corrected chi connectivity index (χ2v) is 8.84. The molecule has 0 radical (unpaired) electrons. The van der Waals surface area contributed by atoms with Gasteiger partial charge in [-0.1, -0.05) is 19.3 Å². The summed E-state index contributed by atoms with van der Waals surface area (Å²) >= 11 is 1.30. The van der Waals surface area contributed by atoms with Crippen molar-refractivity contribution < 1.29 is 18.3 Å². The third-order valence-corrected chi connectivity index (χ3v) is 7.54. The average Bonchev–Trinajstić information content (AvgIpc) is 2.99. The smallest absolute Gasteiger partial charge is 0.339 e. The summed E-state index contributed by atoms with van der Waals surface area (Å²) in [5.74, 6) is -1.03. The van der Waals surface area contributed by atoms with E-state index in [0.717, 1.165) is 49.0 Å². The number of fused-ring (bicyclic) bond motifs is 1. The van der Waals surface area contributed by atoms with Crippen LogP contribution in [0.4, 0.5) is 5.00 Å². The van der Waals surface area contributed by atoms with Crippen LogP contribution in [0.25, 0.3) is 0 Å². The fraction of sp³-hybridized carbons (Fsp3) is 0.643. The molecule has 116 valence electrons. The van der Waals surface area contributed by atoms with Crippen molar-refractivity contribution in [2.45, 2.75) is 56.6 Å². The Morgan fingerprint density at radius 3 is 2.52 bits per heavy atom. The first-order valence-electron chi connectivity index (χ1n) is 7.38. The summed E-state index contributed by atoms with van der Waals surface area (Å²) in [5, 5.41) is 9.32. The molecule has 0 atom stereocenters. The van der Waals surface area contributed by atoms with E-state index in [-0.39, 0.29) is 10.8 Å². The average molecular weight is 329 g/mol. The number of thiophene rings is 1. The Balaban J connectivity index is 1.89. The van der Waals surface area contributed by atoms with Gasteiger partial charge in [-0.25, -0.2) is 13.2 Å². The zero-order chi connectivity index (χ0) is 15.0. The van der Waals surface area contributed by atoms with Crippen molar-refractivity contribution in [1.82, 2.24) is 0 Å². The standard InChI is InChI=1S/C14H19NO4S2/c16-14(17)12-10-7-4-8-11(10)20-13(12)15-21(18,19)9-5-2-1-3-6-9/h9,15H,1-8H2,(H,16,17). The Labute approximate surface area is 128 Å². The number of sulfonamides is 1. The molecule has 1 heterocycles. The normalized spacial score (nSPS) is 19.4. The van der Waals surface area contributed by atoms with Crippen molar-refractivity contribution in [3.8, 4) is 0 Å².